The summed E-state index contributed by atoms with van der Waals surface area (Å²) in [5.41, 5.74) is 9.96. The van der Waals surface area contributed by atoms with Gasteiger partial charge in [-0.3, -0.25) is 4.99 Å². The van der Waals surface area contributed by atoms with Gasteiger partial charge in [-0.25, -0.2) is 4.99 Å². The van der Waals surface area contributed by atoms with Crippen molar-refractivity contribution in [3.63, 3.8) is 0 Å². The Bertz CT molecular complexity index is 1280. The maximum atomic E-state index is 4.73. The Hall–Kier alpha value is -1.25. The molecule has 7 heteroatoms. The number of hydrogen-bond acceptors (Lipinski definition) is 2. The van der Waals surface area contributed by atoms with Crippen molar-refractivity contribution >= 4 is 65.9 Å². The molecule has 0 bridgehead atoms. The molecule has 0 aromatic carbocycles. The van der Waals surface area contributed by atoms with E-state index in [4.69, 9.17) is 4.99 Å². The van der Waals surface area contributed by atoms with E-state index < -0.39 is 0 Å². The van der Waals surface area contributed by atoms with Crippen LogP contribution in [0.1, 0.15) is 46.0 Å². The van der Waals surface area contributed by atoms with Gasteiger partial charge in [-0.1, -0.05) is 5.57 Å². The molecule has 2 aliphatic heterocycles. The summed E-state index contributed by atoms with van der Waals surface area (Å²) in [7, 11) is 0. The van der Waals surface area contributed by atoms with Gasteiger partial charge < -0.3 is 9.97 Å². The Labute approximate surface area is 227 Å². The smallest absolute Gasteiger partial charge is 0.0687 e. The van der Waals surface area contributed by atoms with E-state index in [1.165, 1.54) is 11.1 Å². The Balaban J connectivity index is 0.00000118. The second kappa shape index (κ2) is 12.3. The van der Waals surface area contributed by atoms with Crippen molar-refractivity contribution < 1.29 is 21.1 Å². The average Bonchev–Trinajstić information content (AvgIpc) is 3.60. The summed E-state index contributed by atoms with van der Waals surface area (Å²) in [4.78, 5) is 16.2. The minimum atomic E-state index is 0. The SMILES string of the molecule is CC(C)=C1C=CC(C(C)=c2cc/c(=C(\C)c3ccc(/C(C)=C4/C=CC=N4)[nH]3)[nH]2)=N1.II.[Pt]. The number of H-pyrrole nitrogens is 2. The molecule has 0 radical (unpaired) electrons. The molecular weight excluding hydrogens is 805 g/mol. The number of nitrogens with zero attached hydrogens (tertiary/aromatic N) is 2. The molecule has 4 rings (SSSR count). The van der Waals surface area contributed by atoms with Crippen LogP contribution >= 0.6 is 37.2 Å². The first-order valence-corrected chi connectivity index (χ1v) is 16.3. The van der Waals surface area contributed by atoms with Gasteiger partial charge in [0.05, 0.1) is 17.1 Å². The van der Waals surface area contributed by atoms with Crippen LogP contribution in [0.3, 0.4) is 0 Å². The van der Waals surface area contributed by atoms with Gasteiger partial charge in [-0.05, 0) is 99.9 Å². The summed E-state index contributed by atoms with van der Waals surface area (Å²) in [5.74, 6) is 0. The summed E-state index contributed by atoms with van der Waals surface area (Å²) >= 11 is 4.24. The second-order valence-corrected chi connectivity index (χ2v) is 7.68. The summed E-state index contributed by atoms with van der Waals surface area (Å²) in [6, 6.07) is 8.49. The molecule has 32 heavy (non-hydrogen) atoms. The maximum absolute atomic E-state index is 4.73. The summed E-state index contributed by atoms with van der Waals surface area (Å²) in [6.07, 6.45) is 9.98. The number of rotatable bonds is 3. The molecule has 0 saturated carbocycles. The monoisotopic (exact) mass is 831 g/mol. The fraction of sp³-hybridized carbons (Fsp3) is 0.200. The molecule has 4 nitrogen and oxygen atoms in total. The Morgan fingerprint density at radius 3 is 1.91 bits per heavy atom. The van der Waals surface area contributed by atoms with E-state index in [0.717, 1.165) is 50.3 Å². The van der Waals surface area contributed by atoms with Gasteiger partial charge >= 0.3 is 0 Å². The number of allylic oxidation sites excluding steroid dienone is 6. The van der Waals surface area contributed by atoms with Gasteiger partial charge in [0.1, 0.15) is 0 Å². The molecule has 2 aromatic rings. The normalized spacial score (nSPS) is 17.5. The van der Waals surface area contributed by atoms with Gasteiger partial charge in [-0.15, -0.1) is 0 Å². The number of hydrogen-bond donors (Lipinski definition) is 2. The summed E-state index contributed by atoms with van der Waals surface area (Å²) < 4.78 is 0. The molecular formula is C25H26I2N4Pt. The molecule has 2 N–H and O–H groups in total. The van der Waals surface area contributed by atoms with Crippen molar-refractivity contribution in [2.24, 2.45) is 9.98 Å². The standard InChI is InChI=1S/C25H26N4.I2.Pt/c1-15(2)19-8-9-22(27-19)17(4)23-12-13-25(29-23)18(5)24-11-10-21(28-24)16(3)20-7-6-14-26-20;1-2;/h6-14,28-29H,1-5H3;;/b20-16-,23-17?,25-18-;;. The molecule has 170 valence electrons. The predicted octanol–water partition coefficient (Wildman–Crippen LogP) is 6.18. The quantitative estimate of drug-likeness (QED) is 0.348. The third-order valence-electron chi connectivity index (χ3n) is 5.46. The van der Waals surface area contributed by atoms with E-state index in [9.17, 15) is 0 Å². The van der Waals surface area contributed by atoms with E-state index in [1.54, 1.807) is 0 Å². The molecule has 0 unspecified atom stereocenters. The number of halogens is 2. The topological polar surface area (TPSA) is 56.3 Å². The van der Waals surface area contributed by atoms with Gasteiger partial charge in [0.25, 0.3) is 0 Å². The Morgan fingerprint density at radius 1 is 0.719 bits per heavy atom. The number of aromatic amines is 2. The zero-order valence-corrected chi connectivity index (χ0v) is 25.2. The van der Waals surface area contributed by atoms with Crippen LogP contribution in [0.25, 0.3) is 16.7 Å². The average molecular weight is 831 g/mol. The van der Waals surface area contributed by atoms with E-state index in [1.807, 2.05) is 18.4 Å². The van der Waals surface area contributed by atoms with Crippen LogP contribution in [-0.4, -0.2) is 21.9 Å². The van der Waals surface area contributed by atoms with Crippen LogP contribution in [0.15, 0.2) is 75.5 Å². The Morgan fingerprint density at radius 2 is 1.34 bits per heavy atom. The maximum Gasteiger partial charge on any atom is 0.0687 e. The summed E-state index contributed by atoms with van der Waals surface area (Å²) in [6.45, 7) is 10.5. The minimum Gasteiger partial charge on any atom is -0.355 e. The molecule has 2 aliphatic rings. The molecule has 4 heterocycles. The number of aromatic nitrogens is 2. The Kier molecular flexibility index (Phi) is 10.4. The first-order valence-electron chi connectivity index (χ1n) is 10.0. The van der Waals surface area contributed by atoms with Crippen molar-refractivity contribution in [2.75, 3.05) is 0 Å². The van der Waals surface area contributed by atoms with Crippen molar-refractivity contribution in [1.82, 2.24) is 9.97 Å². The molecule has 0 spiro atoms. The van der Waals surface area contributed by atoms with Crippen molar-refractivity contribution in [3.05, 3.63) is 87.6 Å². The predicted molar refractivity (Wildman–Crippen MR) is 151 cm³/mol. The molecule has 0 fully saturated rings. The van der Waals surface area contributed by atoms with Crippen molar-refractivity contribution in [3.8, 4) is 0 Å². The first kappa shape index (κ1) is 27.0. The summed E-state index contributed by atoms with van der Waals surface area (Å²) in [5, 5.41) is 2.19. The fourth-order valence-electron chi connectivity index (χ4n) is 3.46. The van der Waals surface area contributed by atoms with E-state index >= 15 is 0 Å². The van der Waals surface area contributed by atoms with Crippen LogP contribution in [0.2, 0.25) is 0 Å². The molecule has 0 atom stereocenters. The van der Waals surface area contributed by atoms with Crippen LogP contribution in [-0.2, 0) is 21.1 Å². The van der Waals surface area contributed by atoms with Gasteiger partial charge in [-0.2, -0.15) is 0 Å². The van der Waals surface area contributed by atoms with Gasteiger partial charge in [0.15, 0.2) is 0 Å². The fourth-order valence-corrected chi connectivity index (χ4v) is 3.46. The van der Waals surface area contributed by atoms with E-state index in [-0.39, 0.29) is 21.1 Å². The molecule has 0 aliphatic carbocycles. The third-order valence-corrected chi connectivity index (χ3v) is 5.46. The van der Waals surface area contributed by atoms with Gasteiger partial charge in [0, 0.05) is 86.6 Å². The van der Waals surface area contributed by atoms with Crippen LogP contribution in [0.5, 0.6) is 0 Å². The largest absolute Gasteiger partial charge is 0.355 e. The van der Waals surface area contributed by atoms with Crippen LogP contribution in [0.4, 0.5) is 0 Å². The first-order chi connectivity index (χ1) is 14.9. The molecule has 2 aromatic heterocycles. The number of nitrogens with one attached hydrogen (secondary N) is 2. The zero-order valence-electron chi connectivity index (χ0n) is 18.7. The second-order valence-electron chi connectivity index (χ2n) is 7.68. The van der Waals surface area contributed by atoms with Crippen molar-refractivity contribution in [2.45, 2.75) is 34.6 Å². The molecule has 0 amide bonds. The zero-order chi connectivity index (χ0) is 22.5. The molecule has 0 saturated heterocycles. The van der Waals surface area contributed by atoms with E-state index in [0.29, 0.717) is 0 Å². The number of aliphatic imine (C=N–C) groups is 2. The van der Waals surface area contributed by atoms with Crippen LogP contribution < -0.4 is 10.7 Å². The third kappa shape index (κ3) is 6.00. The van der Waals surface area contributed by atoms with E-state index in [2.05, 4.69) is 123 Å². The van der Waals surface area contributed by atoms with Crippen LogP contribution in [0, 0.1) is 0 Å². The van der Waals surface area contributed by atoms with Gasteiger partial charge in [0.2, 0.25) is 0 Å². The minimum absolute atomic E-state index is 0. The van der Waals surface area contributed by atoms with Crippen molar-refractivity contribution in [1.29, 1.82) is 0 Å².